The molecule has 0 unspecified atom stereocenters. The molecule has 2 saturated heterocycles. The van der Waals surface area contributed by atoms with Crippen molar-refractivity contribution in [2.75, 3.05) is 7.05 Å². The van der Waals surface area contributed by atoms with Crippen LogP contribution in [0.3, 0.4) is 0 Å². The summed E-state index contributed by atoms with van der Waals surface area (Å²) in [6.07, 6.45) is -5.95. The molecular formula is C7H7F3N2O3. The van der Waals surface area contributed by atoms with Crippen molar-refractivity contribution >= 4 is 11.8 Å². The summed E-state index contributed by atoms with van der Waals surface area (Å²) in [6, 6.07) is -2.06. The Morgan fingerprint density at radius 3 is 2.47 bits per heavy atom. The monoisotopic (exact) mass is 224 g/mol. The minimum atomic E-state index is -4.60. The van der Waals surface area contributed by atoms with Gasteiger partial charge in [-0.2, -0.15) is 18.2 Å². The number of amides is 2. The molecule has 0 spiro atoms. The third kappa shape index (κ3) is 1.40. The van der Waals surface area contributed by atoms with Gasteiger partial charge in [-0.25, -0.2) is 0 Å². The molecule has 2 aliphatic heterocycles. The lowest BCUT2D eigenvalue weighted by molar-refractivity contribution is -0.234. The zero-order valence-electron chi connectivity index (χ0n) is 7.54. The van der Waals surface area contributed by atoms with E-state index in [1.807, 2.05) is 5.32 Å². The zero-order valence-corrected chi connectivity index (χ0v) is 7.54. The van der Waals surface area contributed by atoms with Crippen LogP contribution in [0.5, 0.6) is 0 Å². The van der Waals surface area contributed by atoms with Crippen molar-refractivity contribution in [2.45, 2.75) is 18.3 Å². The third-order valence-corrected chi connectivity index (χ3v) is 2.48. The Hall–Kier alpha value is -1.15. The maximum atomic E-state index is 12.5. The summed E-state index contributed by atoms with van der Waals surface area (Å²) in [4.78, 5) is 26.9. The molecule has 2 rings (SSSR count). The molecule has 0 saturated carbocycles. The SMILES string of the molecule is CN1O[C@H]2C(=O)NC(=O)[C@@H]2[C@@H]1C(F)(F)F. The fourth-order valence-corrected chi connectivity index (χ4v) is 1.88. The van der Waals surface area contributed by atoms with E-state index in [2.05, 4.69) is 4.84 Å². The molecule has 0 aromatic rings. The van der Waals surface area contributed by atoms with Crippen LogP contribution in [-0.2, 0) is 14.4 Å². The van der Waals surface area contributed by atoms with Gasteiger partial charge in [-0.15, -0.1) is 0 Å². The molecule has 84 valence electrons. The first-order valence-corrected chi connectivity index (χ1v) is 4.13. The van der Waals surface area contributed by atoms with Gasteiger partial charge in [0.25, 0.3) is 5.91 Å². The lowest BCUT2D eigenvalue weighted by atomic mass is 9.97. The summed E-state index contributed by atoms with van der Waals surface area (Å²) in [5.74, 6) is -3.25. The summed E-state index contributed by atoms with van der Waals surface area (Å²) < 4.78 is 37.6. The minimum Gasteiger partial charge on any atom is -0.294 e. The molecule has 0 aromatic carbocycles. The number of rotatable bonds is 0. The number of halogens is 3. The Morgan fingerprint density at radius 2 is 1.93 bits per heavy atom. The lowest BCUT2D eigenvalue weighted by Gasteiger charge is -2.22. The highest BCUT2D eigenvalue weighted by molar-refractivity contribution is 6.07. The molecule has 0 aliphatic carbocycles. The van der Waals surface area contributed by atoms with Gasteiger partial charge in [0.2, 0.25) is 5.91 Å². The number of hydrogen-bond donors (Lipinski definition) is 1. The molecule has 15 heavy (non-hydrogen) atoms. The molecule has 2 fully saturated rings. The molecule has 2 aliphatic rings. The van der Waals surface area contributed by atoms with Crippen LogP contribution in [0.15, 0.2) is 0 Å². The van der Waals surface area contributed by atoms with E-state index >= 15 is 0 Å². The van der Waals surface area contributed by atoms with E-state index in [1.54, 1.807) is 0 Å². The lowest BCUT2D eigenvalue weighted by Crippen LogP contribution is -2.46. The molecule has 2 amide bonds. The number of carbonyl (C=O) groups excluding carboxylic acids is 2. The predicted molar refractivity (Wildman–Crippen MR) is 39.1 cm³/mol. The smallest absolute Gasteiger partial charge is 0.294 e. The first-order valence-electron chi connectivity index (χ1n) is 4.13. The highest BCUT2D eigenvalue weighted by Crippen LogP contribution is 2.39. The van der Waals surface area contributed by atoms with Crippen LogP contribution >= 0.6 is 0 Å². The van der Waals surface area contributed by atoms with E-state index < -0.39 is 36.1 Å². The molecule has 5 nitrogen and oxygen atoms in total. The maximum Gasteiger partial charge on any atom is 0.407 e. The van der Waals surface area contributed by atoms with Gasteiger partial charge < -0.3 is 0 Å². The van der Waals surface area contributed by atoms with Gasteiger partial charge in [-0.3, -0.25) is 19.7 Å². The molecule has 0 bridgehead atoms. The van der Waals surface area contributed by atoms with Gasteiger partial charge in [0, 0.05) is 7.05 Å². The average Bonchev–Trinajstić information content (AvgIpc) is 2.51. The van der Waals surface area contributed by atoms with Crippen molar-refractivity contribution < 1.29 is 27.6 Å². The van der Waals surface area contributed by atoms with Gasteiger partial charge >= 0.3 is 6.18 Å². The van der Waals surface area contributed by atoms with Gasteiger partial charge in [-0.05, 0) is 0 Å². The standard InChI is InChI=1S/C7H7F3N2O3/c1-12-4(7(8,9)10)2-3(15-12)6(14)11-5(2)13/h2-4H,1H3,(H,11,13,14)/t2-,3+,4+/m0/s1. The van der Waals surface area contributed by atoms with Crippen molar-refractivity contribution in [3.8, 4) is 0 Å². The second kappa shape index (κ2) is 2.92. The van der Waals surface area contributed by atoms with Crippen molar-refractivity contribution in [3.63, 3.8) is 0 Å². The Kier molecular flexibility index (Phi) is 2.02. The van der Waals surface area contributed by atoms with Crippen molar-refractivity contribution in [3.05, 3.63) is 0 Å². The van der Waals surface area contributed by atoms with Crippen LogP contribution in [0.4, 0.5) is 13.2 Å². The first-order chi connectivity index (χ1) is 6.82. The van der Waals surface area contributed by atoms with Crippen LogP contribution in [0.1, 0.15) is 0 Å². The second-order valence-corrected chi connectivity index (χ2v) is 3.44. The summed E-state index contributed by atoms with van der Waals surface area (Å²) >= 11 is 0. The van der Waals surface area contributed by atoms with E-state index in [0.29, 0.717) is 5.06 Å². The Bertz CT molecular complexity index is 330. The molecular weight excluding hydrogens is 217 g/mol. The van der Waals surface area contributed by atoms with Gasteiger partial charge in [0.05, 0.1) is 0 Å². The number of alkyl halides is 3. The number of hydrogen-bond acceptors (Lipinski definition) is 4. The van der Waals surface area contributed by atoms with Crippen LogP contribution in [0, 0.1) is 5.92 Å². The highest BCUT2D eigenvalue weighted by atomic mass is 19.4. The number of nitrogens with zero attached hydrogens (tertiary/aromatic N) is 1. The van der Waals surface area contributed by atoms with Crippen molar-refractivity contribution in [1.82, 2.24) is 10.4 Å². The summed E-state index contributed by atoms with van der Waals surface area (Å²) in [6.45, 7) is 0. The van der Waals surface area contributed by atoms with E-state index in [-0.39, 0.29) is 0 Å². The van der Waals surface area contributed by atoms with Gasteiger partial charge in [0.1, 0.15) is 12.0 Å². The predicted octanol–water partition coefficient (Wildman–Crippen LogP) is -0.565. The number of hydroxylamine groups is 2. The summed E-state index contributed by atoms with van der Waals surface area (Å²) in [5.41, 5.74) is 0. The fourth-order valence-electron chi connectivity index (χ4n) is 1.88. The van der Waals surface area contributed by atoms with Crippen LogP contribution < -0.4 is 5.32 Å². The average molecular weight is 224 g/mol. The largest absolute Gasteiger partial charge is 0.407 e. The van der Waals surface area contributed by atoms with E-state index in [1.165, 1.54) is 0 Å². The molecule has 0 radical (unpaired) electrons. The summed E-state index contributed by atoms with van der Waals surface area (Å²) in [5, 5.41) is 2.33. The second-order valence-electron chi connectivity index (χ2n) is 3.44. The van der Waals surface area contributed by atoms with E-state index in [9.17, 15) is 22.8 Å². The topological polar surface area (TPSA) is 58.6 Å². The Morgan fingerprint density at radius 1 is 1.33 bits per heavy atom. The van der Waals surface area contributed by atoms with Gasteiger partial charge in [-0.1, -0.05) is 0 Å². The zero-order chi connectivity index (χ0) is 11.4. The number of fused-ring (bicyclic) bond motifs is 1. The molecule has 8 heteroatoms. The molecule has 0 aromatic heterocycles. The molecule has 2 heterocycles. The van der Waals surface area contributed by atoms with E-state index in [4.69, 9.17) is 0 Å². The molecule has 1 N–H and O–H groups in total. The van der Waals surface area contributed by atoms with Crippen molar-refractivity contribution in [2.24, 2.45) is 5.92 Å². The number of nitrogens with one attached hydrogen (secondary N) is 1. The maximum absolute atomic E-state index is 12.5. The normalized spacial score (nSPS) is 36.9. The number of imide groups is 1. The number of carbonyl (C=O) groups is 2. The van der Waals surface area contributed by atoms with Gasteiger partial charge in [0.15, 0.2) is 6.10 Å². The first kappa shape index (κ1) is 10.4. The molecule has 3 atom stereocenters. The van der Waals surface area contributed by atoms with Crippen LogP contribution in [-0.4, -0.2) is 42.2 Å². The minimum absolute atomic E-state index is 0.520. The van der Waals surface area contributed by atoms with Crippen LogP contribution in [0.25, 0.3) is 0 Å². The fraction of sp³-hybridized carbons (Fsp3) is 0.714. The van der Waals surface area contributed by atoms with E-state index in [0.717, 1.165) is 7.05 Å². The quantitative estimate of drug-likeness (QED) is 0.560. The van der Waals surface area contributed by atoms with Crippen LogP contribution in [0.2, 0.25) is 0 Å². The third-order valence-electron chi connectivity index (χ3n) is 2.48. The summed E-state index contributed by atoms with van der Waals surface area (Å²) in [7, 11) is 1.05. The highest BCUT2D eigenvalue weighted by Gasteiger charge is 2.63. The Balaban J connectivity index is 2.34. The van der Waals surface area contributed by atoms with Crippen molar-refractivity contribution in [1.29, 1.82) is 0 Å². The Labute approximate surface area is 82.1 Å².